The lowest BCUT2D eigenvalue weighted by Crippen LogP contribution is -2.07. The Bertz CT molecular complexity index is 757. The molecule has 1 atom stereocenters. The Morgan fingerprint density at radius 1 is 1.04 bits per heavy atom. The molecule has 120 valence electrons. The van der Waals surface area contributed by atoms with Crippen LogP contribution in [0.4, 0.5) is 0 Å². The van der Waals surface area contributed by atoms with Crippen LogP contribution in [0.1, 0.15) is 26.3 Å². The molecule has 2 rings (SSSR count). The third-order valence-electron chi connectivity index (χ3n) is 2.82. The molecule has 2 N–H and O–H groups in total. The quantitative estimate of drug-likeness (QED) is 0.827. The predicted molar refractivity (Wildman–Crippen MR) is 84.3 cm³/mol. The van der Waals surface area contributed by atoms with Gasteiger partial charge in [0.25, 0.3) is 0 Å². The minimum absolute atomic E-state index is 0.0145. The van der Waals surface area contributed by atoms with Crippen molar-refractivity contribution in [2.75, 3.05) is 0 Å². The van der Waals surface area contributed by atoms with Gasteiger partial charge in [-0.05, 0) is 29.8 Å². The number of carbonyl (C=O) groups is 2. The van der Waals surface area contributed by atoms with Gasteiger partial charge in [-0.15, -0.1) is 0 Å². The van der Waals surface area contributed by atoms with Crippen molar-refractivity contribution < 1.29 is 28.2 Å². The average molecular weight is 355 g/mol. The van der Waals surface area contributed by atoms with Gasteiger partial charge in [0.05, 0.1) is 16.9 Å². The van der Waals surface area contributed by atoms with Crippen molar-refractivity contribution in [1.82, 2.24) is 0 Å². The van der Waals surface area contributed by atoms with Crippen LogP contribution in [0.5, 0.6) is 5.75 Å². The topological polar surface area (TPSA) is 101 Å². The van der Waals surface area contributed by atoms with Crippen LogP contribution in [-0.2, 0) is 16.8 Å². The molecule has 8 heteroatoms. The summed E-state index contributed by atoms with van der Waals surface area (Å²) in [6, 6.07) is 9.99. The highest BCUT2D eigenvalue weighted by atomic mass is 35.5. The Morgan fingerprint density at radius 2 is 1.61 bits per heavy atom. The number of carboxylic acid groups (broad SMARTS) is 2. The fourth-order valence-electron chi connectivity index (χ4n) is 1.77. The summed E-state index contributed by atoms with van der Waals surface area (Å²) in [5.74, 6) is -2.74. The molecule has 0 saturated carbocycles. The first-order chi connectivity index (χ1) is 10.9. The molecule has 0 saturated heterocycles. The van der Waals surface area contributed by atoms with E-state index < -0.39 is 23.0 Å². The largest absolute Gasteiger partial charge is 0.478 e. The van der Waals surface area contributed by atoms with E-state index in [4.69, 9.17) is 26.0 Å². The van der Waals surface area contributed by atoms with Crippen LogP contribution in [-0.4, -0.2) is 26.4 Å². The molecule has 0 bridgehead atoms. The Labute approximate surface area is 138 Å². The third-order valence-corrected chi connectivity index (χ3v) is 4.11. The first-order valence-electron chi connectivity index (χ1n) is 6.28. The SMILES string of the molecule is O=C(O)c1cc(OS(=O)Cc2ccccc2Cl)cc(C(=O)O)c1. The number of hydrogen-bond acceptors (Lipinski definition) is 4. The number of benzene rings is 2. The normalized spacial score (nSPS) is 11.7. The van der Waals surface area contributed by atoms with Gasteiger partial charge < -0.3 is 14.4 Å². The lowest BCUT2D eigenvalue weighted by molar-refractivity contribution is 0.0696. The zero-order valence-electron chi connectivity index (χ0n) is 11.6. The maximum absolute atomic E-state index is 12.0. The van der Waals surface area contributed by atoms with Crippen LogP contribution in [0, 0.1) is 0 Å². The Balaban J connectivity index is 2.22. The van der Waals surface area contributed by atoms with E-state index >= 15 is 0 Å². The third kappa shape index (κ3) is 4.54. The van der Waals surface area contributed by atoms with E-state index in [-0.39, 0.29) is 22.6 Å². The van der Waals surface area contributed by atoms with Crippen molar-refractivity contribution in [1.29, 1.82) is 0 Å². The van der Waals surface area contributed by atoms with Crippen molar-refractivity contribution >= 4 is 34.6 Å². The van der Waals surface area contributed by atoms with E-state index in [1.54, 1.807) is 24.3 Å². The summed E-state index contributed by atoms with van der Waals surface area (Å²) in [5, 5.41) is 18.4. The fraction of sp³-hybridized carbons (Fsp3) is 0.0667. The van der Waals surface area contributed by atoms with Crippen molar-refractivity contribution in [3.05, 3.63) is 64.2 Å². The second kappa shape index (κ2) is 7.26. The summed E-state index contributed by atoms with van der Waals surface area (Å²) < 4.78 is 17.2. The van der Waals surface area contributed by atoms with Gasteiger partial charge in [-0.25, -0.2) is 13.8 Å². The van der Waals surface area contributed by atoms with Gasteiger partial charge in [-0.3, -0.25) is 0 Å². The van der Waals surface area contributed by atoms with Gasteiger partial charge in [0.15, 0.2) is 0 Å². The van der Waals surface area contributed by atoms with Crippen LogP contribution < -0.4 is 4.18 Å². The minimum Gasteiger partial charge on any atom is -0.478 e. The standard InChI is InChI=1S/C15H11ClO6S/c16-13-4-2-1-3-9(13)8-23(21)22-12-6-10(14(17)18)5-11(7-12)15(19)20/h1-7H,8H2,(H,17,18)(H,19,20). The van der Waals surface area contributed by atoms with Gasteiger partial charge in [-0.1, -0.05) is 29.8 Å². The van der Waals surface area contributed by atoms with E-state index in [0.29, 0.717) is 10.6 Å². The summed E-state index contributed by atoms with van der Waals surface area (Å²) in [6.07, 6.45) is 0. The van der Waals surface area contributed by atoms with E-state index in [1.807, 2.05) is 0 Å². The summed E-state index contributed by atoms with van der Waals surface area (Å²) in [7, 11) is 0. The van der Waals surface area contributed by atoms with Gasteiger partial charge in [0.2, 0.25) is 11.1 Å². The molecule has 0 radical (unpaired) electrons. The molecule has 0 amide bonds. The molecule has 1 unspecified atom stereocenters. The lowest BCUT2D eigenvalue weighted by atomic mass is 10.1. The molecule has 0 spiro atoms. The fourth-order valence-corrected chi connectivity index (χ4v) is 2.93. The second-order valence-corrected chi connectivity index (χ2v) is 5.95. The van der Waals surface area contributed by atoms with Crippen LogP contribution in [0.25, 0.3) is 0 Å². The minimum atomic E-state index is -1.85. The van der Waals surface area contributed by atoms with E-state index in [2.05, 4.69) is 0 Å². The Hall–Kier alpha value is -2.38. The van der Waals surface area contributed by atoms with Gasteiger partial charge in [-0.2, -0.15) is 0 Å². The molecule has 0 aliphatic carbocycles. The maximum atomic E-state index is 12.0. The molecular weight excluding hydrogens is 344 g/mol. The van der Waals surface area contributed by atoms with Crippen molar-refractivity contribution in [3.8, 4) is 5.75 Å². The van der Waals surface area contributed by atoms with Gasteiger partial charge in [0, 0.05) is 5.02 Å². The average Bonchev–Trinajstić information content (AvgIpc) is 2.49. The molecule has 2 aromatic rings. The van der Waals surface area contributed by atoms with Crippen LogP contribution in [0.2, 0.25) is 5.02 Å². The number of hydrogen-bond donors (Lipinski definition) is 2. The van der Waals surface area contributed by atoms with Crippen molar-refractivity contribution in [3.63, 3.8) is 0 Å². The van der Waals surface area contributed by atoms with Gasteiger partial charge in [0.1, 0.15) is 5.75 Å². The van der Waals surface area contributed by atoms with Crippen molar-refractivity contribution in [2.24, 2.45) is 0 Å². The van der Waals surface area contributed by atoms with Crippen LogP contribution >= 0.6 is 11.6 Å². The number of aromatic carboxylic acids is 2. The van der Waals surface area contributed by atoms with Crippen molar-refractivity contribution in [2.45, 2.75) is 5.75 Å². The Morgan fingerprint density at radius 3 is 2.13 bits per heavy atom. The monoisotopic (exact) mass is 354 g/mol. The van der Waals surface area contributed by atoms with Crippen LogP contribution in [0.15, 0.2) is 42.5 Å². The lowest BCUT2D eigenvalue weighted by Gasteiger charge is -2.08. The first-order valence-corrected chi connectivity index (χ1v) is 7.91. The van der Waals surface area contributed by atoms with E-state index in [0.717, 1.165) is 18.2 Å². The second-order valence-electron chi connectivity index (χ2n) is 4.48. The first kappa shape index (κ1) is 17.0. The highest BCUT2D eigenvalue weighted by Gasteiger charge is 2.14. The van der Waals surface area contributed by atoms with Crippen LogP contribution in [0.3, 0.4) is 0 Å². The molecule has 0 aliphatic rings. The number of rotatable bonds is 6. The molecular formula is C15H11ClO6S. The Kier molecular flexibility index (Phi) is 5.36. The number of carboxylic acids is 2. The van der Waals surface area contributed by atoms with E-state index in [1.165, 1.54) is 0 Å². The molecule has 0 aromatic heterocycles. The molecule has 0 aliphatic heterocycles. The summed E-state index contributed by atoms with van der Waals surface area (Å²) in [5.41, 5.74) is 0.0598. The molecule has 23 heavy (non-hydrogen) atoms. The smallest absolute Gasteiger partial charge is 0.335 e. The molecule has 0 heterocycles. The summed E-state index contributed by atoms with van der Waals surface area (Å²) in [4.78, 5) is 22.0. The zero-order chi connectivity index (χ0) is 17.0. The molecule has 0 fully saturated rings. The summed E-state index contributed by atoms with van der Waals surface area (Å²) >= 11 is 4.11. The maximum Gasteiger partial charge on any atom is 0.335 e. The molecule has 6 nitrogen and oxygen atoms in total. The zero-order valence-corrected chi connectivity index (χ0v) is 13.1. The van der Waals surface area contributed by atoms with Gasteiger partial charge >= 0.3 is 11.9 Å². The summed E-state index contributed by atoms with van der Waals surface area (Å²) in [6.45, 7) is 0. The highest BCUT2D eigenvalue weighted by molar-refractivity contribution is 7.79. The van der Waals surface area contributed by atoms with E-state index in [9.17, 15) is 13.8 Å². The predicted octanol–water partition coefficient (Wildman–Crippen LogP) is 2.98. The molecule has 2 aromatic carbocycles. The number of halogens is 1. The highest BCUT2D eigenvalue weighted by Crippen LogP contribution is 2.21.